The first-order valence-corrected chi connectivity index (χ1v) is 6.00. The number of amides is 1. The SMILES string of the molecule is COc1ccccc1OCC(=O)NC(CC(F)F)C(=O)O. The van der Waals surface area contributed by atoms with Gasteiger partial charge in [-0.1, -0.05) is 12.1 Å². The monoisotopic (exact) mass is 303 g/mol. The number of carbonyl (C=O) groups is 2. The Morgan fingerprint density at radius 3 is 2.43 bits per heavy atom. The Balaban J connectivity index is 2.54. The maximum atomic E-state index is 12.2. The number of halogens is 2. The van der Waals surface area contributed by atoms with Crippen LogP contribution in [0, 0.1) is 0 Å². The van der Waals surface area contributed by atoms with E-state index in [0.29, 0.717) is 5.75 Å². The molecule has 0 heterocycles. The Morgan fingerprint density at radius 1 is 1.29 bits per heavy atom. The Hall–Kier alpha value is -2.38. The van der Waals surface area contributed by atoms with E-state index < -0.39 is 37.4 Å². The molecule has 6 nitrogen and oxygen atoms in total. The van der Waals surface area contributed by atoms with Gasteiger partial charge in [0.25, 0.3) is 5.91 Å². The van der Waals surface area contributed by atoms with E-state index in [1.165, 1.54) is 7.11 Å². The Bertz CT molecular complexity index is 495. The first kappa shape index (κ1) is 16.7. The lowest BCUT2D eigenvalue weighted by Gasteiger charge is -2.15. The molecule has 1 atom stereocenters. The van der Waals surface area contributed by atoms with Gasteiger partial charge in [-0.25, -0.2) is 13.6 Å². The number of para-hydroxylation sites is 2. The van der Waals surface area contributed by atoms with Gasteiger partial charge >= 0.3 is 5.97 Å². The molecule has 1 unspecified atom stereocenters. The average Bonchev–Trinajstić information content (AvgIpc) is 2.44. The number of benzene rings is 1. The van der Waals surface area contributed by atoms with E-state index in [1.807, 2.05) is 5.32 Å². The van der Waals surface area contributed by atoms with Crippen LogP contribution in [0.4, 0.5) is 8.78 Å². The van der Waals surface area contributed by atoms with Crippen LogP contribution in [0.2, 0.25) is 0 Å². The fraction of sp³-hybridized carbons (Fsp3) is 0.385. The van der Waals surface area contributed by atoms with Crippen LogP contribution >= 0.6 is 0 Å². The number of aliphatic carboxylic acids is 1. The number of rotatable bonds is 8. The normalized spacial score (nSPS) is 11.8. The number of carbonyl (C=O) groups excluding carboxylic acids is 1. The van der Waals surface area contributed by atoms with Crippen LogP contribution < -0.4 is 14.8 Å². The molecule has 2 N–H and O–H groups in total. The van der Waals surface area contributed by atoms with Gasteiger partial charge in [0.15, 0.2) is 18.1 Å². The minimum Gasteiger partial charge on any atom is -0.493 e. The quantitative estimate of drug-likeness (QED) is 0.756. The summed E-state index contributed by atoms with van der Waals surface area (Å²) >= 11 is 0. The standard InChI is InChI=1S/C13H15F2NO5/c1-20-9-4-2-3-5-10(9)21-7-12(17)16-8(13(18)19)6-11(14)15/h2-5,8,11H,6-7H2,1H3,(H,16,17)(H,18,19). The maximum absolute atomic E-state index is 12.2. The summed E-state index contributed by atoms with van der Waals surface area (Å²) in [6.07, 6.45) is -3.79. The lowest BCUT2D eigenvalue weighted by molar-refractivity contribution is -0.143. The van der Waals surface area contributed by atoms with Crippen molar-refractivity contribution in [2.45, 2.75) is 18.9 Å². The summed E-state index contributed by atoms with van der Waals surface area (Å²) in [5.41, 5.74) is 0. The molecule has 8 heteroatoms. The molecule has 0 aliphatic heterocycles. The fourth-order valence-corrected chi connectivity index (χ4v) is 1.52. The molecule has 1 aromatic carbocycles. The molecule has 116 valence electrons. The molecule has 0 fully saturated rings. The predicted octanol–water partition coefficient (Wildman–Crippen LogP) is 1.30. The lowest BCUT2D eigenvalue weighted by Crippen LogP contribution is -2.44. The minimum atomic E-state index is -2.83. The van der Waals surface area contributed by atoms with Crippen LogP contribution in [0.15, 0.2) is 24.3 Å². The van der Waals surface area contributed by atoms with Crippen molar-refractivity contribution < 1.29 is 33.0 Å². The second-order valence-corrected chi connectivity index (χ2v) is 4.02. The predicted molar refractivity (Wildman–Crippen MR) is 68.7 cm³/mol. The van der Waals surface area contributed by atoms with Crippen LogP contribution in [0.1, 0.15) is 6.42 Å². The largest absolute Gasteiger partial charge is 0.493 e. The Morgan fingerprint density at radius 2 is 1.90 bits per heavy atom. The number of ether oxygens (including phenoxy) is 2. The highest BCUT2D eigenvalue weighted by atomic mass is 19.3. The number of alkyl halides is 2. The molecule has 0 bridgehead atoms. The van der Waals surface area contributed by atoms with Gasteiger partial charge in [-0.05, 0) is 12.1 Å². The van der Waals surface area contributed by atoms with Gasteiger partial charge in [0.1, 0.15) is 6.04 Å². The molecule has 1 rings (SSSR count). The molecule has 0 aliphatic carbocycles. The zero-order valence-corrected chi connectivity index (χ0v) is 11.2. The second-order valence-electron chi connectivity index (χ2n) is 4.02. The van der Waals surface area contributed by atoms with E-state index in [9.17, 15) is 18.4 Å². The molecule has 0 spiro atoms. The van der Waals surface area contributed by atoms with Crippen LogP contribution in [0.5, 0.6) is 11.5 Å². The van der Waals surface area contributed by atoms with Crippen molar-refractivity contribution >= 4 is 11.9 Å². The highest BCUT2D eigenvalue weighted by Gasteiger charge is 2.24. The molecule has 0 radical (unpaired) electrons. The highest BCUT2D eigenvalue weighted by Crippen LogP contribution is 2.25. The van der Waals surface area contributed by atoms with Gasteiger partial charge in [-0.3, -0.25) is 4.79 Å². The van der Waals surface area contributed by atoms with E-state index in [2.05, 4.69) is 0 Å². The number of nitrogens with one attached hydrogen (secondary N) is 1. The van der Waals surface area contributed by atoms with Gasteiger partial charge in [0.05, 0.1) is 7.11 Å². The van der Waals surface area contributed by atoms with Gasteiger partial charge in [0.2, 0.25) is 6.43 Å². The second kappa shape index (κ2) is 8.03. The molecule has 0 saturated heterocycles. The van der Waals surface area contributed by atoms with Crippen LogP contribution in [0.3, 0.4) is 0 Å². The summed E-state index contributed by atoms with van der Waals surface area (Å²) in [5, 5.41) is 10.7. The topological polar surface area (TPSA) is 84.9 Å². The third-order valence-corrected chi connectivity index (χ3v) is 2.48. The molecule has 0 saturated carbocycles. The van der Waals surface area contributed by atoms with Gasteiger partial charge < -0.3 is 19.9 Å². The summed E-state index contributed by atoms with van der Waals surface area (Å²) in [6, 6.07) is 4.88. The molecule has 0 aliphatic rings. The van der Waals surface area contributed by atoms with Crippen molar-refractivity contribution in [2.75, 3.05) is 13.7 Å². The average molecular weight is 303 g/mol. The summed E-state index contributed by atoms with van der Waals surface area (Å²) in [4.78, 5) is 22.3. The molecule has 1 aromatic rings. The molecule has 1 amide bonds. The number of carboxylic acid groups (broad SMARTS) is 1. The van der Waals surface area contributed by atoms with Crippen molar-refractivity contribution in [3.05, 3.63) is 24.3 Å². The van der Waals surface area contributed by atoms with Crippen molar-refractivity contribution in [3.8, 4) is 11.5 Å². The number of hydrogen-bond donors (Lipinski definition) is 2. The molecular formula is C13H15F2NO5. The fourth-order valence-electron chi connectivity index (χ4n) is 1.52. The van der Waals surface area contributed by atoms with E-state index >= 15 is 0 Å². The van der Waals surface area contributed by atoms with Gasteiger partial charge in [0, 0.05) is 6.42 Å². The number of carboxylic acids is 1. The van der Waals surface area contributed by atoms with E-state index in [1.54, 1.807) is 24.3 Å². The molecule has 21 heavy (non-hydrogen) atoms. The van der Waals surface area contributed by atoms with Crippen molar-refractivity contribution in [2.24, 2.45) is 0 Å². The van der Waals surface area contributed by atoms with Crippen molar-refractivity contribution in [1.29, 1.82) is 0 Å². The first-order chi connectivity index (χ1) is 9.93. The number of methoxy groups -OCH3 is 1. The summed E-state index contributed by atoms with van der Waals surface area (Å²) in [7, 11) is 1.42. The first-order valence-electron chi connectivity index (χ1n) is 6.00. The van der Waals surface area contributed by atoms with Crippen LogP contribution in [-0.4, -0.2) is 43.2 Å². The maximum Gasteiger partial charge on any atom is 0.326 e. The summed E-state index contributed by atoms with van der Waals surface area (Å²) in [6.45, 7) is -0.507. The number of hydrogen-bond acceptors (Lipinski definition) is 4. The highest BCUT2D eigenvalue weighted by molar-refractivity contribution is 5.84. The van der Waals surface area contributed by atoms with Gasteiger partial charge in [-0.15, -0.1) is 0 Å². The Labute approximate surface area is 119 Å². The summed E-state index contributed by atoms with van der Waals surface area (Å²) < 4.78 is 34.5. The third-order valence-electron chi connectivity index (χ3n) is 2.48. The van der Waals surface area contributed by atoms with E-state index in [0.717, 1.165) is 0 Å². The summed E-state index contributed by atoms with van der Waals surface area (Å²) in [5.74, 6) is -1.65. The smallest absolute Gasteiger partial charge is 0.326 e. The van der Waals surface area contributed by atoms with Gasteiger partial charge in [-0.2, -0.15) is 0 Å². The van der Waals surface area contributed by atoms with E-state index in [4.69, 9.17) is 14.6 Å². The zero-order chi connectivity index (χ0) is 15.8. The van der Waals surface area contributed by atoms with Crippen molar-refractivity contribution in [1.82, 2.24) is 5.32 Å². The molecular weight excluding hydrogens is 288 g/mol. The van der Waals surface area contributed by atoms with E-state index in [-0.39, 0.29) is 5.75 Å². The third kappa shape index (κ3) is 5.64. The lowest BCUT2D eigenvalue weighted by atomic mass is 10.2. The minimum absolute atomic E-state index is 0.288. The zero-order valence-electron chi connectivity index (χ0n) is 11.2. The molecule has 0 aromatic heterocycles. The van der Waals surface area contributed by atoms with Crippen molar-refractivity contribution in [3.63, 3.8) is 0 Å². The Kier molecular flexibility index (Phi) is 6.38. The van der Waals surface area contributed by atoms with Crippen LogP contribution in [-0.2, 0) is 9.59 Å². The van der Waals surface area contributed by atoms with Crippen LogP contribution in [0.25, 0.3) is 0 Å².